The molecular formula is C9H4F3NO2. The first-order chi connectivity index (χ1) is 6.86. The first-order valence-corrected chi connectivity index (χ1v) is 3.68. The number of alkyl halides is 3. The van der Waals surface area contributed by atoms with Crippen molar-refractivity contribution in [3.8, 4) is 12.3 Å². The van der Waals surface area contributed by atoms with E-state index in [9.17, 15) is 23.3 Å². The number of hydrogen-bond donors (Lipinski definition) is 0. The molecule has 0 N–H and O–H groups in total. The quantitative estimate of drug-likeness (QED) is 0.410. The number of hydrogen-bond acceptors (Lipinski definition) is 2. The molecule has 0 atom stereocenters. The van der Waals surface area contributed by atoms with Crippen LogP contribution in [-0.2, 0) is 6.18 Å². The lowest BCUT2D eigenvalue weighted by Crippen LogP contribution is -2.08. The second kappa shape index (κ2) is 3.61. The van der Waals surface area contributed by atoms with Gasteiger partial charge in [-0.2, -0.15) is 13.2 Å². The number of terminal acetylenes is 1. The van der Waals surface area contributed by atoms with Crippen LogP contribution >= 0.6 is 0 Å². The zero-order valence-corrected chi connectivity index (χ0v) is 7.21. The lowest BCUT2D eigenvalue weighted by atomic mass is 10.1. The summed E-state index contributed by atoms with van der Waals surface area (Å²) in [7, 11) is 0. The fourth-order valence-electron chi connectivity index (χ4n) is 1.01. The molecule has 1 aromatic carbocycles. The standard InChI is InChI=1S/C9H4F3NO2/c1-2-6-3-4-7(9(10,11)12)8(5-6)13(14)15/h1,3-5H. The lowest BCUT2D eigenvalue weighted by molar-refractivity contribution is -0.388. The van der Waals surface area contributed by atoms with Gasteiger partial charge in [0.2, 0.25) is 0 Å². The molecule has 6 heteroatoms. The minimum atomic E-state index is -4.75. The SMILES string of the molecule is C#Cc1ccc(C(F)(F)F)c([N+](=O)[O-])c1. The normalized spacial score (nSPS) is 10.8. The molecule has 0 saturated carbocycles. The molecule has 0 saturated heterocycles. The monoisotopic (exact) mass is 215 g/mol. The molecular weight excluding hydrogens is 211 g/mol. The second-order valence-electron chi connectivity index (χ2n) is 2.63. The van der Waals surface area contributed by atoms with Gasteiger partial charge in [-0.25, -0.2) is 0 Å². The summed E-state index contributed by atoms with van der Waals surface area (Å²) in [4.78, 5) is 9.27. The molecule has 1 aromatic rings. The Balaban J connectivity index is 3.42. The first-order valence-electron chi connectivity index (χ1n) is 3.68. The molecule has 0 spiro atoms. The highest BCUT2D eigenvalue weighted by Crippen LogP contribution is 2.36. The molecule has 0 heterocycles. The number of benzene rings is 1. The maximum absolute atomic E-state index is 12.3. The van der Waals surface area contributed by atoms with Crippen LogP contribution in [0.25, 0.3) is 0 Å². The molecule has 0 aliphatic carbocycles. The molecule has 3 nitrogen and oxygen atoms in total. The number of nitro groups is 1. The number of rotatable bonds is 1. The summed E-state index contributed by atoms with van der Waals surface area (Å²) in [6.45, 7) is 0. The average Bonchev–Trinajstić information content (AvgIpc) is 2.15. The molecule has 0 amide bonds. The van der Waals surface area contributed by atoms with Crippen molar-refractivity contribution in [1.29, 1.82) is 0 Å². The van der Waals surface area contributed by atoms with E-state index in [2.05, 4.69) is 0 Å². The van der Waals surface area contributed by atoms with Crippen molar-refractivity contribution < 1.29 is 18.1 Å². The van der Waals surface area contributed by atoms with E-state index in [0.29, 0.717) is 6.07 Å². The number of nitrogens with zero attached hydrogens (tertiary/aromatic N) is 1. The topological polar surface area (TPSA) is 43.1 Å². The van der Waals surface area contributed by atoms with E-state index in [1.807, 2.05) is 5.92 Å². The van der Waals surface area contributed by atoms with Crippen molar-refractivity contribution in [3.63, 3.8) is 0 Å². The Morgan fingerprint density at radius 2 is 2.00 bits per heavy atom. The van der Waals surface area contributed by atoms with Gasteiger partial charge in [0.25, 0.3) is 5.69 Å². The van der Waals surface area contributed by atoms with Crippen LogP contribution in [0, 0.1) is 22.5 Å². The van der Waals surface area contributed by atoms with Crippen LogP contribution in [0.1, 0.15) is 11.1 Å². The van der Waals surface area contributed by atoms with Crippen LogP contribution in [0.5, 0.6) is 0 Å². The fourth-order valence-corrected chi connectivity index (χ4v) is 1.01. The molecule has 0 fully saturated rings. The Bertz CT molecular complexity index is 446. The summed E-state index contributed by atoms with van der Waals surface area (Å²) < 4.78 is 36.9. The third kappa shape index (κ3) is 2.26. The van der Waals surface area contributed by atoms with Gasteiger partial charge in [-0.15, -0.1) is 6.42 Å². The van der Waals surface area contributed by atoms with Gasteiger partial charge in [-0.05, 0) is 12.1 Å². The van der Waals surface area contributed by atoms with Gasteiger partial charge >= 0.3 is 6.18 Å². The highest BCUT2D eigenvalue weighted by atomic mass is 19.4. The third-order valence-corrected chi connectivity index (χ3v) is 1.67. The van der Waals surface area contributed by atoms with Crippen molar-refractivity contribution in [2.45, 2.75) is 6.18 Å². The molecule has 0 bridgehead atoms. The molecule has 0 unspecified atom stereocenters. The minimum absolute atomic E-state index is 0.0368. The zero-order chi connectivity index (χ0) is 11.6. The maximum atomic E-state index is 12.3. The predicted octanol–water partition coefficient (Wildman–Crippen LogP) is 2.59. The smallest absolute Gasteiger partial charge is 0.258 e. The Morgan fingerprint density at radius 3 is 2.40 bits per heavy atom. The molecule has 0 radical (unpaired) electrons. The average molecular weight is 215 g/mol. The van der Waals surface area contributed by atoms with E-state index in [0.717, 1.165) is 12.1 Å². The number of halogens is 3. The molecule has 15 heavy (non-hydrogen) atoms. The largest absolute Gasteiger partial charge is 0.422 e. The van der Waals surface area contributed by atoms with Crippen LogP contribution < -0.4 is 0 Å². The van der Waals surface area contributed by atoms with Crippen molar-refractivity contribution in [1.82, 2.24) is 0 Å². The highest BCUT2D eigenvalue weighted by molar-refractivity contribution is 5.49. The fraction of sp³-hybridized carbons (Fsp3) is 0.111. The predicted molar refractivity (Wildman–Crippen MR) is 46.0 cm³/mol. The van der Waals surface area contributed by atoms with Gasteiger partial charge in [0.05, 0.1) is 4.92 Å². The third-order valence-electron chi connectivity index (χ3n) is 1.67. The van der Waals surface area contributed by atoms with Crippen LogP contribution in [0.3, 0.4) is 0 Å². The summed E-state index contributed by atoms with van der Waals surface area (Å²) in [6, 6.07) is 2.34. The van der Waals surface area contributed by atoms with E-state index < -0.39 is 22.4 Å². The van der Waals surface area contributed by atoms with Gasteiger partial charge in [0, 0.05) is 11.6 Å². The van der Waals surface area contributed by atoms with E-state index in [-0.39, 0.29) is 5.56 Å². The van der Waals surface area contributed by atoms with Crippen molar-refractivity contribution in [2.75, 3.05) is 0 Å². The lowest BCUT2D eigenvalue weighted by Gasteiger charge is -2.06. The van der Waals surface area contributed by atoms with Gasteiger partial charge < -0.3 is 0 Å². The summed E-state index contributed by atoms with van der Waals surface area (Å²) in [5.41, 5.74) is -2.29. The van der Waals surface area contributed by atoms with Crippen molar-refractivity contribution in [3.05, 3.63) is 39.4 Å². The molecule has 1 rings (SSSR count). The first kappa shape index (κ1) is 11.0. The van der Waals surface area contributed by atoms with Gasteiger partial charge in [0.15, 0.2) is 0 Å². The Labute approximate surface area is 82.7 Å². The van der Waals surface area contributed by atoms with E-state index in [1.54, 1.807) is 0 Å². The van der Waals surface area contributed by atoms with Gasteiger partial charge in [0.1, 0.15) is 5.56 Å². The minimum Gasteiger partial charge on any atom is -0.258 e. The van der Waals surface area contributed by atoms with Crippen LogP contribution in [-0.4, -0.2) is 4.92 Å². The molecule has 0 aliphatic heterocycles. The highest BCUT2D eigenvalue weighted by Gasteiger charge is 2.38. The van der Waals surface area contributed by atoms with Crippen LogP contribution in [0.15, 0.2) is 18.2 Å². The van der Waals surface area contributed by atoms with Crippen molar-refractivity contribution in [2.24, 2.45) is 0 Å². The zero-order valence-electron chi connectivity index (χ0n) is 7.21. The Hall–Kier alpha value is -2.03. The molecule has 0 aromatic heterocycles. The van der Waals surface area contributed by atoms with E-state index >= 15 is 0 Å². The summed E-state index contributed by atoms with van der Waals surface area (Å²) in [6.07, 6.45) is 0.170. The number of nitro benzene ring substituents is 1. The van der Waals surface area contributed by atoms with Crippen LogP contribution in [0.2, 0.25) is 0 Å². The Morgan fingerprint density at radius 1 is 1.40 bits per heavy atom. The van der Waals surface area contributed by atoms with Crippen molar-refractivity contribution >= 4 is 5.69 Å². The molecule has 78 valence electrons. The summed E-state index contributed by atoms with van der Waals surface area (Å²) in [5.74, 6) is 2.03. The second-order valence-corrected chi connectivity index (χ2v) is 2.63. The maximum Gasteiger partial charge on any atom is 0.422 e. The summed E-state index contributed by atoms with van der Waals surface area (Å²) in [5, 5.41) is 10.4. The summed E-state index contributed by atoms with van der Waals surface area (Å²) >= 11 is 0. The van der Waals surface area contributed by atoms with E-state index in [4.69, 9.17) is 6.42 Å². The van der Waals surface area contributed by atoms with Gasteiger partial charge in [-0.1, -0.05) is 5.92 Å². The van der Waals surface area contributed by atoms with E-state index in [1.165, 1.54) is 0 Å². The van der Waals surface area contributed by atoms with Gasteiger partial charge in [-0.3, -0.25) is 10.1 Å². The Kier molecular flexibility index (Phi) is 2.66. The van der Waals surface area contributed by atoms with Crippen LogP contribution in [0.4, 0.5) is 18.9 Å². The molecule has 0 aliphatic rings.